The van der Waals surface area contributed by atoms with Crippen LogP contribution in [0.5, 0.6) is 0 Å². The number of aliphatic hydroxyl groups is 1. The van der Waals surface area contributed by atoms with E-state index in [1.165, 1.54) is 0 Å². The summed E-state index contributed by atoms with van der Waals surface area (Å²) < 4.78 is 0. The van der Waals surface area contributed by atoms with Crippen molar-refractivity contribution in [2.75, 3.05) is 26.7 Å². The highest BCUT2D eigenvalue weighted by molar-refractivity contribution is 5.96. The molecule has 1 aliphatic heterocycles. The molecule has 4 heteroatoms. The Morgan fingerprint density at radius 3 is 2.62 bits per heavy atom. The molecule has 21 heavy (non-hydrogen) atoms. The van der Waals surface area contributed by atoms with Crippen molar-refractivity contribution in [1.82, 2.24) is 10.2 Å². The second-order valence-electron chi connectivity index (χ2n) is 7.11. The van der Waals surface area contributed by atoms with Crippen LogP contribution in [-0.2, 0) is 5.41 Å². The highest BCUT2D eigenvalue weighted by Gasteiger charge is 2.34. The molecule has 0 radical (unpaired) electrons. The lowest BCUT2D eigenvalue weighted by molar-refractivity contribution is 0.0251. The molecule has 1 aliphatic rings. The van der Waals surface area contributed by atoms with Crippen molar-refractivity contribution >= 4 is 5.91 Å². The topological polar surface area (TPSA) is 52.6 Å². The molecule has 2 N–H and O–H groups in total. The predicted molar refractivity (Wildman–Crippen MR) is 84.5 cm³/mol. The third-order valence-electron chi connectivity index (χ3n) is 4.06. The zero-order valence-electron chi connectivity index (χ0n) is 13.4. The summed E-state index contributed by atoms with van der Waals surface area (Å²) in [5.74, 6) is -0.0270. The van der Waals surface area contributed by atoms with Crippen LogP contribution in [0.2, 0.25) is 0 Å². The summed E-state index contributed by atoms with van der Waals surface area (Å²) in [6, 6.07) is 7.73. The number of carbonyl (C=O) groups is 1. The van der Waals surface area contributed by atoms with Gasteiger partial charge < -0.3 is 15.3 Å². The third kappa shape index (κ3) is 3.63. The normalized spacial score (nSPS) is 22.3. The number of benzene rings is 1. The molecule has 1 amide bonds. The number of β-amino-alcohol motifs (C(OH)–C–C–N with tert-alkyl or cyclic N) is 1. The van der Waals surface area contributed by atoms with Gasteiger partial charge in [0.15, 0.2) is 0 Å². The van der Waals surface area contributed by atoms with Crippen LogP contribution < -0.4 is 5.32 Å². The average Bonchev–Trinajstić information content (AvgIpc) is 2.83. The van der Waals surface area contributed by atoms with E-state index in [4.69, 9.17) is 0 Å². The van der Waals surface area contributed by atoms with Crippen molar-refractivity contribution in [1.29, 1.82) is 0 Å². The van der Waals surface area contributed by atoms with E-state index in [1.807, 2.05) is 24.3 Å². The number of likely N-dealkylation sites (N-methyl/N-ethyl adjacent to an activating group) is 1. The zero-order chi connectivity index (χ0) is 15.7. The Hall–Kier alpha value is -1.39. The molecular weight excluding hydrogens is 264 g/mol. The highest BCUT2D eigenvalue weighted by Crippen LogP contribution is 2.27. The summed E-state index contributed by atoms with van der Waals surface area (Å²) in [7, 11) is 1.76. The van der Waals surface area contributed by atoms with Crippen molar-refractivity contribution in [2.24, 2.45) is 0 Å². The number of nitrogens with one attached hydrogen (secondary N) is 1. The van der Waals surface area contributed by atoms with Crippen LogP contribution in [0.25, 0.3) is 0 Å². The molecule has 2 rings (SSSR count). The molecule has 0 aliphatic carbocycles. The molecule has 0 aromatic heterocycles. The summed E-state index contributed by atoms with van der Waals surface area (Å²) in [5, 5.41) is 13.6. The minimum absolute atomic E-state index is 0.0270. The molecule has 0 spiro atoms. The summed E-state index contributed by atoms with van der Waals surface area (Å²) in [6.45, 7) is 8.02. The van der Waals surface area contributed by atoms with Crippen molar-refractivity contribution in [3.8, 4) is 0 Å². The van der Waals surface area contributed by atoms with E-state index >= 15 is 0 Å². The van der Waals surface area contributed by atoms with Crippen molar-refractivity contribution in [3.63, 3.8) is 0 Å². The molecular formula is C17H26N2O2. The van der Waals surface area contributed by atoms with Crippen molar-refractivity contribution in [2.45, 2.75) is 38.2 Å². The first-order valence-corrected chi connectivity index (χ1v) is 7.51. The van der Waals surface area contributed by atoms with Gasteiger partial charge in [-0.05, 0) is 30.0 Å². The van der Waals surface area contributed by atoms with Crippen molar-refractivity contribution in [3.05, 3.63) is 35.4 Å². The Morgan fingerprint density at radius 2 is 2.05 bits per heavy atom. The van der Waals surface area contributed by atoms with Gasteiger partial charge in [0.05, 0.1) is 12.1 Å². The lowest BCUT2D eigenvalue weighted by Crippen LogP contribution is -2.45. The Balaban J connectivity index is 2.20. The Morgan fingerprint density at radius 1 is 1.38 bits per heavy atom. The van der Waals surface area contributed by atoms with E-state index in [0.717, 1.165) is 17.7 Å². The maximum Gasteiger partial charge on any atom is 0.253 e. The molecule has 1 heterocycles. The lowest BCUT2D eigenvalue weighted by atomic mass is 9.83. The fourth-order valence-electron chi connectivity index (χ4n) is 2.91. The van der Waals surface area contributed by atoms with Crippen LogP contribution in [0.3, 0.4) is 0 Å². The van der Waals surface area contributed by atoms with Gasteiger partial charge in [0.2, 0.25) is 0 Å². The third-order valence-corrected chi connectivity index (χ3v) is 4.06. The predicted octanol–water partition coefficient (Wildman–Crippen LogP) is 1.78. The van der Waals surface area contributed by atoms with Gasteiger partial charge in [-0.1, -0.05) is 39.0 Å². The first kappa shape index (κ1) is 16.0. The number of hydrogen-bond acceptors (Lipinski definition) is 3. The maximum atomic E-state index is 12.7. The molecule has 116 valence electrons. The van der Waals surface area contributed by atoms with Crippen LogP contribution in [0.1, 0.15) is 43.1 Å². The first-order chi connectivity index (χ1) is 9.73. The average molecular weight is 290 g/mol. The van der Waals surface area contributed by atoms with Gasteiger partial charge in [-0.3, -0.25) is 4.79 Å². The number of carbonyl (C=O) groups excluding carboxylic acids is 1. The summed E-state index contributed by atoms with van der Waals surface area (Å²) in [4.78, 5) is 14.4. The summed E-state index contributed by atoms with van der Waals surface area (Å²) in [5.41, 5.74) is 0.875. The summed E-state index contributed by atoms with van der Waals surface area (Å²) >= 11 is 0. The van der Waals surface area contributed by atoms with Gasteiger partial charge in [0.1, 0.15) is 0 Å². The SMILES string of the molecule is CN(CC1(O)CCNC1)C(=O)c1ccccc1C(C)(C)C. The van der Waals surface area contributed by atoms with Gasteiger partial charge in [-0.2, -0.15) is 0 Å². The fourth-order valence-corrected chi connectivity index (χ4v) is 2.91. The molecule has 1 aromatic carbocycles. The Labute approximate surface area is 127 Å². The van der Waals surface area contributed by atoms with Crippen LogP contribution in [-0.4, -0.2) is 48.2 Å². The number of rotatable bonds is 3. The van der Waals surface area contributed by atoms with Crippen LogP contribution in [0.15, 0.2) is 24.3 Å². The van der Waals surface area contributed by atoms with Gasteiger partial charge >= 0.3 is 0 Å². The van der Waals surface area contributed by atoms with Crippen molar-refractivity contribution < 1.29 is 9.90 Å². The van der Waals surface area contributed by atoms with Crippen LogP contribution >= 0.6 is 0 Å². The minimum Gasteiger partial charge on any atom is -0.387 e. The highest BCUT2D eigenvalue weighted by atomic mass is 16.3. The molecule has 1 unspecified atom stereocenters. The van der Waals surface area contributed by atoms with E-state index in [2.05, 4.69) is 26.1 Å². The number of hydrogen-bond donors (Lipinski definition) is 2. The zero-order valence-corrected chi connectivity index (χ0v) is 13.4. The van der Waals surface area contributed by atoms with E-state index in [1.54, 1.807) is 11.9 Å². The monoisotopic (exact) mass is 290 g/mol. The second kappa shape index (κ2) is 5.78. The number of nitrogens with zero attached hydrogens (tertiary/aromatic N) is 1. The van der Waals surface area contributed by atoms with Crippen LogP contribution in [0.4, 0.5) is 0 Å². The maximum absolute atomic E-state index is 12.7. The molecule has 1 saturated heterocycles. The lowest BCUT2D eigenvalue weighted by Gasteiger charge is -2.30. The summed E-state index contributed by atoms with van der Waals surface area (Å²) in [6.07, 6.45) is 0.686. The fraction of sp³-hybridized carbons (Fsp3) is 0.588. The Kier molecular flexibility index (Phi) is 4.40. The van der Waals surface area contributed by atoms with E-state index in [0.29, 0.717) is 19.5 Å². The molecule has 1 fully saturated rings. The Bertz CT molecular complexity index is 514. The molecule has 4 nitrogen and oxygen atoms in total. The largest absolute Gasteiger partial charge is 0.387 e. The smallest absolute Gasteiger partial charge is 0.253 e. The van der Waals surface area contributed by atoms with Gasteiger partial charge in [-0.15, -0.1) is 0 Å². The standard InChI is InChI=1S/C17H26N2O2/c1-16(2,3)14-8-6-5-7-13(14)15(20)19(4)12-17(21)9-10-18-11-17/h5-8,18,21H,9-12H2,1-4H3. The van der Waals surface area contributed by atoms with Gasteiger partial charge in [0, 0.05) is 19.2 Å². The van der Waals surface area contributed by atoms with E-state index < -0.39 is 5.60 Å². The molecule has 1 aromatic rings. The van der Waals surface area contributed by atoms with E-state index in [9.17, 15) is 9.90 Å². The molecule has 1 atom stereocenters. The van der Waals surface area contributed by atoms with E-state index in [-0.39, 0.29) is 11.3 Å². The second-order valence-corrected chi connectivity index (χ2v) is 7.11. The minimum atomic E-state index is -0.804. The first-order valence-electron chi connectivity index (χ1n) is 7.51. The van der Waals surface area contributed by atoms with Crippen LogP contribution in [0, 0.1) is 0 Å². The quantitative estimate of drug-likeness (QED) is 0.892. The molecule has 0 saturated carbocycles. The van der Waals surface area contributed by atoms with Gasteiger partial charge in [0.25, 0.3) is 5.91 Å². The number of amides is 1. The van der Waals surface area contributed by atoms with Gasteiger partial charge in [-0.25, -0.2) is 0 Å². The molecule has 0 bridgehead atoms.